The van der Waals surface area contributed by atoms with Gasteiger partial charge < -0.3 is 5.11 Å². The summed E-state index contributed by atoms with van der Waals surface area (Å²) >= 11 is 1.39. The summed E-state index contributed by atoms with van der Waals surface area (Å²) < 4.78 is 1.23. The van der Waals surface area contributed by atoms with Gasteiger partial charge in [0.25, 0.3) is 5.56 Å². The van der Waals surface area contributed by atoms with Crippen molar-refractivity contribution in [2.75, 3.05) is 0 Å². The van der Waals surface area contributed by atoms with Crippen LogP contribution in [0.25, 0.3) is 10.2 Å². The van der Waals surface area contributed by atoms with E-state index in [4.69, 9.17) is 5.26 Å². The number of aromatic nitrogens is 2. The molecule has 102 valence electrons. The molecule has 1 unspecified atom stereocenters. The smallest absolute Gasteiger partial charge is 0.311 e. The number of aliphatic carboxylic acids is 1. The van der Waals surface area contributed by atoms with Gasteiger partial charge in [-0.05, 0) is 24.8 Å². The average molecular weight is 289 g/mol. The molecular formula is C13H11N3O3S. The summed E-state index contributed by atoms with van der Waals surface area (Å²) in [7, 11) is 0. The molecule has 2 aromatic rings. The van der Waals surface area contributed by atoms with E-state index in [1.807, 2.05) is 6.07 Å². The molecule has 0 radical (unpaired) electrons. The number of nitrogens with zero attached hydrogens (tertiary/aromatic N) is 3. The monoisotopic (exact) mass is 289 g/mol. The number of carbonyl (C=O) groups is 1. The maximum Gasteiger partial charge on any atom is 0.311 e. The lowest BCUT2D eigenvalue weighted by molar-refractivity contribution is -0.139. The van der Waals surface area contributed by atoms with E-state index < -0.39 is 11.9 Å². The number of thiophene rings is 1. The van der Waals surface area contributed by atoms with Gasteiger partial charge in [-0.2, -0.15) is 5.26 Å². The van der Waals surface area contributed by atoms with E-state index in [1.165, 1.54) is 22.2 Å². The largest absolute Gasteiger partial charge is 0.481 e. The Balaban J connectivity index is 2.33. The molecule has 0 aromatic carbocycles. The van der Waals surface area contributed by atoms with Gasteiger partial charge in [0, 0.05) is 4.88 Å². The summed E-state index contributed by atoms with van der Waals surface area (Å²) in [6.45, 7) is -0.0792. The lowest BCUT2D eigenvalue weighted by atomic mass is 9.86. The average Bonchev–Trinajstić information content (AvgIpc) is 2.80. The predicted octanol–water partition coefficient (Wildman–Crippen LogP) is 1.49. The second-order valence-corrected chi connectivity index (χ2v) is 5.82. The topological polar surface area (TPSA) is 96.0 Å². The van der Waals surface area contributed by atoms with Crippen molar-refractivity contribution in [1.82, 2.24) is 9.55 Å². The second-order valence-electron chi connectivity index (χ2n) is 4.74. The molecule has 2 aromatic heterocycles. The Bertz CT molecular complexity index is 800. The number of hydrogen-bond donors (Lipinski definition) is 1. The van der Waals surface area contributed by atoms with Gasteiger partial charge in [-0.1, -0.05) is 0 Å². The number of hydrogen-bond acceptors (Lipinski definition) is 5. The Labute approximate surface area is 117 Å². The summed E-state index contributed by atoms with van der Waals surface area (Å²) in [6.07, 6.45) is 3.49. The standard InChI is InChI=1S/C13H11N3O3S/c14-4-5-16-6-15-11-10(12(16)17)9-7(13(18)19)2-1-3-8(9)20-11/h6-7H,1-3,5H2,(H,18,19). The van der Waals surface area contributed by atoms with Gasteiger partial charge in [-0.25, -0.2) is 4.98 Å². The number of fused-ring (bicyclic) bond motifs is 3. The fourth-order valence-electron chi connectivity index (χ4n) is 2.69. The Morgan fingerprint density at radius 3 is 3.15 bits per heavy atom. The molecule has 0 bridgehead atoms. The van der Waals surface area contributed by atoms with Gasteiger partial charge in [-0.3, -0.25) is 14.2 Å². The Morgan fingerprint density at radius 1 is 1.65 bits per heavy atom. The van der Waals surface area contributed by atoms with Crippen LogP contribution in [0.5, 0.6) is 0 Å². The van der Waals surface area contributed by atoms with E-state index in [0.29, 0.717) is 22.2 Å². The zero-order valence-corrected chi connectivity index (χ0v) is 11.3. The molecule has 20 heavy (non-hydrogen) atoms. The van der Waals surface area contributed by atoms with Crippen LogP contribution in [0, 0.1) is 11.3 Å². The SMILES string of the molecule is N#CCn1cnc2sc3c(c2c1=O)C(C(=O)O)CCC3. The number of aryl methyl sites for hydroxylation is 1. The number of carboxylic acids is 1. The lowest BCUT2D eigenvalue weighted by Crippen LogP contribution is -2.23. The highest BCUT2D eigenvalue weighted by Gasteiger charge is 2.31. The fourth-order valence-corrected chi connectivity index (χ4v) is 3.93. The first kappa shape index (κ1) is 12.8. The van der Waals surface area contributed by atoms with E-state index in [9.17, 15) is 14.7 Å². The van der Waals surface area contributed by atoms with Crippen molar-refractivity contribution in [1.29, 1.82) is 5.26 Å². The molecule has 0 saturated carbocycles. The quantitative estimate of drug-likeness (QED) is 0.903. The summed E-state index contributed by atoms with van der Waals surface area (Å²) in [5.41, 5.74) is 0.302. The number of carboxylic acid groups (broad SMARTS) is 1. The predicted molar refractivity (Wildman–Crippen MR) is 72.8 cm³/mol. The van der Waals surface area contributed by atoms with Crippen LogP contribution in [0.15, 0.2) is 11.1 Å². The van der Waals surface area contributed by atoms with Gasteiger partial charge in [0.15, 0.2) is 0 Å². The lowest BCUT2D eigenvalue weighted by Gasteiger charge is -2.18. The second kappa shape index (κ2) is 4.72. The highest BCUT2D eigenvalue weighted by molar-refractivity contribution is 7.18. The third kappa shape index (κ3) is 1.80. The summed E-state index contributed by atoms with van der Waals surface area (Å²) in [4.78, 5) is 29.5. The molecule has 7 heteroatoms. The minimum absolute atomic E-state index is 0.0792. The minimum atomic E-state index is -0.902. The maximum atomic E-state index is 12.4. The molecular weight excluding hydrogens is 278 g/mol. The molecule has 0 aliphatic heterocycles. The van der Waals surface area contributed by atoms with Gasteiger partial charge in [0.2, 0.25) is 0 Å². The Morgan fingerprint density at radius 2 is 2.45 bits per heavy atom. The third-order valence-corrected chi connectivity index (χ3v) is 4.75. The highest BCUT2D eigenvalue weighted by Crippen LogP contribution is 2.40. The van der Waals surface area contributed by atoms with Crippen LogP contribution < -0.4 is 5.56 Å². The summed E-state index contributed by atoms with van der Waals surface area (Å²) in [6, 6.07) is 1.91. The Kier molecular flexibility index (Phi) is 3.03. The zero-order valence-electron chi connectivity index (χ0n) is 10.5. The van der Waals surface area contributed by atoms with Crippen LogP contribution in [0.4, 0.5) is 0 Å². The van der Waals surface area contributed by atoms with Crippen LogP contribution in [0.2, 0.25) is 0 Å². The van der Waals surface area contributed by atoms with Crippen LogP contribution in [0.3, 0.4) is 0 Å². The van der Waals surface area contributed by atoms with E-state index in [-0.39, 0.29) is 12.1 Å². The zero-order chi connectivity index (χ0) is 14.3. The molecule has 0 fully saturated rings. The maximum absolute atomic E-state index is 12.4. The van der Waals surface area contributed by atoms with Crippen molar-refractivity contribution in [3.05, 3.63) is 27.1 Å². The van der Waals surface area contributed by atoms with E-state index in [1.54, 1.807) is 0 Å². The molecule has 6 nitrogen and oxygen atoms in total. The van der Waals surface area contributed by atoms with Gasteiger partial charge in [0.1, 0.15) is 17.7 Å². The van der Waals surface area contributed by atoms with Crippen LogP contribution >= 0.6 is 11.3 Å². The van der Waals surface area contributed by atoms with Crippen molar-refractivity contribution >= 4 is 27.5 Å². The van der Waals surface area contributed by atoms with Crippen molar-refractivity contribution in [2.24, 2.45) is 0 Å². The van der Waals surface area contributed by atoms with Gasteiger partial charge in [0.05, 0.1) is 17.4 Å². The van der Waals surface area contributed by atoms with Crippen molar-refractivity contribution in [2.45, 2.75) is 31.7 Å². The van der Waals surface area contributed by atoms with E-state index in [2.05, 4.69) is 4.98 Å². The minimum Gasteiger partial charge on any atom is -0.481 e. The van der Waals surface area contributed by atoms with E-state index >= 15 is 0 Å². The highest BCUT2D eigenvalue weighted by atomic mass is 32.1. The van der Waals surface area contributed by atoms with Crippen LogP contribution in [0.1, 0.15) is 29.2 Å². The van der Waals surface area contributed by atoms with Crippen molar-refractivity contribution in [3.8, 4) is 6.07 Å². The molecule has 0 saturated heterocycles. The molecule has 2 heterocycles. The molecule has 1 N–H and O–H groups in total. The summed E-state index contributed by atoms with van der Waals surface area (Å²) in [5, 5.41) is 18.5. The van der Waals surface area contributed by atoms with Gasteiger partial charge in [-0.15, -0.1) is 11.3 Å². The molecule has 1 aliphatic carbocycles. The molecule has 3 rings (SSSR count). The number of rotatable bonds is 2. The molecule has 0 spiro atoms. The fraction of sp³-hybridized carbons (Fsp3) is 0.385. The summed E-state index contributed by atoms with van der Waals surface area (Å²) in [5.74, 6) is -1.54. The third-order valence-electron chi connectivity index (χ3n) is 3.58. The first-order valence-corrected chi connectivity index (χ1v) is 7.05. The molecule has 1 aliphatic rings. The molecule has 1 atom stereocenters. The normalized spacial score (nSPS) is 17.6. The van der Waals surface area contributed by atoms with Crippen LogP contribution in [-0.4, -0.2) is 20.6 Å². The van der Waals surface area contributed by atoms with E-state index in [0.717, 1.165) is 17.7 Å². The first-order chi connectivity index (χ1) is 9.63. The Hall–Kier alpha value is -2.20. The van der Waals surface area contributed by atoms with Gasteiger partial charge >= 0.3 is 5.97 Å². The van der Waals surface area contributed by atoms with Crippen LogP contribution in [-0.2, 0) is 17.8 Å². The van der Waals surface area contributed by atoms with Crippen molar-refractivity contribution < 1.29 is 9.90 Å². The van der Waals surface area contributed by atoms with Crippen molar-refractivity contribution in [3.63, 3.8) is 0 Å². The molecule has 0 amide bonds. The number of nitriles is 1. The first-order valence-electron chi connectivity index (χ1n) is 6.24.